The lowest BCUT2D eigenvalue weighted by atomic mass is 9.75. The van der Waals surface area contributed by atoms with E-state index in [1.54, 1.807) is 12.1 Å². The van der Waals surface area contributed by atoms with E-state index in [0.717, 1.165) is 58.7 Å². The molecular weight excluding hydrogens is 1150 g/mol. The average Bonchev–Trinajstić information content (AvgIpc) is 3.56. The molecule has 0 aliphatic heterocycles. The second kappa shape index (κ2) is 21.5. The number of aromatic nitrogens is 3. The van der Waals surface area contributed by atoms with E-state index in [1.807, 2.05) is 43.3 Å². The Bertz CT molecular complexity index is 4790. The van der Waals surface area contributed by atoms with Crippen molar-refractivity contribution >= 4 is 124 Å². The van der Waals surface area contributed by atoms with Crippen molar-refractivity contribution < 1.29 is 61.8 Å². The number of carbonyl (C=O) groups excluding carboxylic acids is 1. The maximum absolute atomic E-state index is 13.8. The molecule has 0 fully saturated rings. The lowest BCUT2D eigenvalue weighted by molar-refractivity contribution is 0.103. The number of hydrogen-bond acceptors (Lipinski definition) is 19. The van der Waals surface area contributed by atoms with Crippen LogP contribution in [0.15, 0.2) is 180 Å². The van der Waals surface area contributed by atoms with Gasteiger partial charge >= 0.3 is 6.01 Å². The first kappa shape index (κ1) is 57.4. The average molecular weight is 1200 g/mol. The highest BCUT2D eigenvalue weighted by Crippen LogP contribution is 2.42. The molecule has 1 aliphatic carbocycles. The standard InChI is InChI=1S/C56H47N9O14S4/c1-30(21-22-56(3,4)29-33-10-7-13-39-31(2)38-11-5-6-12-42(38)52(66)51(33)39)57-53-59-54(61-55(67)60-53)58-46-24-34-25-47(50(83(77,78)79)27-35(34)26-49(46)82(74,75)76)65-64-45-20-19-44(41-18-16-37(28-43(41)45)80(68,69)70)63-62-36-15-17-40-32(23-36)9-8-14-48(40)81(71,72)73/h5-20,23-28,30H,2,21-22,29H2,1,3-4H3,(H,68,69,70)(H,71,72,73)(H,74,75,76)(H,77,78,79)(H3,57,58,59,60,61,67)/b63-62+,65-64+. The summed E-state index contributed by atoms with van der Waals surface area (Å²) in [6.07, 6.45) is 1.78. The van der Waals surface area contributed by atoms with Gasteiger partial charge in [0.25, 0.3) is 40.5 Å². The quantitative estimate of drug-likeness (QED) is 0.0329. The molecule has 1 aromatic heterocycles. The minimum atomic E-state index is -5.17. The Morgan fingerprint density at radius 1 is 0.566 bits per heavy atom. The molecule has 0 spiro atoms. The predicted octanol–water partition coefficient (Wildman–Crippen LogP) is 12.1. The van der Waals surface area contributed by atoms with Crippen LogP contribution < -0.4 is 10.6 Å². The number of fused-ring (bicyclic) bond motifs is 5. The first-order valence-corrected chi connectivity index (χ1v) is 30.7. The summed E-state index contributed by atoms with van der Waals surface area (Å²) in [6, 6.07) is 30.9. The molecule has 7 N–H and O–H groups in total. The van der Waals surface area contributed by atoms with Crippen LogP contribution in [0.3, 0.4) is 0 Å². The Kier molecular flexibility index (Phi) is 14.9. The van der Waals surface area contributed by atoms with Crippen LogP contribution in [0.1, 0.15) is 66.2 Å². The summed E-state index contributed by atoms with van der Waals surface area (Å²) in [5.41, 5.74) is 3.58. The van der Waals surface area contributed by atoms with Crippen molar-refractivity contribution in [2.45, 2.75) is 65.7 Å². The van der Waals surface area contributed by atoms with Crippen LogP contribution in [0.2, 0.25) is 0 Å². The fourth-order valence-electron chi connectivity index (χ4n) is 9.87. The van der Waals surface area contributed by atoms with E-state index >= 15 is 0 Å². The number of aromatic hydroxyl groups is 1. The minimum Gasteiger partial charge on any atom is -0.479 e. The van der Waals surface area contributed by atoms with E-state index in [1.165, 1.54) is 48.5 Å². The number of azo groups is 2. The SMILES string of the molecule is C=C1c2ccccc2C(=O)c2c(CC(C)(C)CCC(C)Nc3nc(O)nc(Nc4cc5cc(/N=N/c6ccc(/N=N/c7ccc8c(S(=O)(=O)O)cccc8c7)c7ccc(S(=O)(=O)O)cc67)c(S(=O)(=O)O)cc5cc4S(=O)(=O)O)n3)cccc21. The molecule has 0 saturated heterocycles. The number of ketones is 1. The lowest BCUT2D eigenvalue weighted by Gasteiger charge is -2.29. The van der Waals surface area contributed by atoms with E-state index in [-0.39, 0.29) is 77.8 Å². The number of anilines is 3. The Morgan fingerprint density at radius 3 is 1.89 bits per heavy atom. The van der Waals surface area contributed by atoms with E-state index in [9.17, 15) is 61.8 Å². The number of carbonyl (C=O) groups is 1. The summed E-state index contributed by atoms with van der Waals surface area (Å²) in [5.74, 6) is -0.561. The zero-order valence-electron chi connectivity index (χ0n) is 43.8. The lowest BCUT2D eigenvalue weighted by Crippen LogP contribution is -2.24. The van der Waals surface area contributed by atoms with E-state index in [2.05, 4.69) is 66.5 Å². The third-order valence-corrected chi connectivity index (χ3v) is 17.4. The van der Waals surface area contributed by atoms with Gasteiger partial charge in [-0.1, -0.05) is 87.2 Å². The van der Waals surface area contributed by atoms with Gasteiger partial charge < -0.3 is 15.7 Å². The highest BCUT2D eigenvalue weighted by molar-refractivity contribution is 7.86. The zero-order chi connectivity index (χ0) is 59.6. The Hall–Kier alpha value is -8.80. The number of benzene rings is 8. The second-order valence-corrected chi connectivity index (χ2v) is 25.9. The number of nitrogens with zero attached hydrogens (tertiary/aromatic N) is 7. The van der Waals surface area contributed by atoms with Crippen molar-refractivity contribution in [3.8, 4) is 6.01 Å². The number of rotatable bonds is 17. The number of nitrogens with one attached hydrogen (secondary N) is 2. The third-order valence-electron chi connectivity index (χ3n) is 13.8. The summed E-state index contributed by atoms with van der Waals surface area (Å²) in [7, 11) is -19.7. The van der Waals surface area contributed by atoms with Crippen LogP contribution in [0.4, 0.5) is 40.3 Å². The second-order valence-electron chi connectivity index (χ2n) is 20.3. The van der Waals surface area contributed by atoms with Gasteiger partial charge in [-0.3, -0.25) is 23.0 Å². The molecule has 83 heavy (non-hydrogen) atoms. The van der Waals surface area contributed by atoms with Crippen LogP contribution in [0.25, 0.3) is 37.9 Å². The van der Waals surface area contributed by atoms with Gasteiger partial charge in [-0.05, 0) is 137 Å². The van der Waals surface area contributed by atoms with Crippen LogP contribution >= 0.6 is 0 Å². The van der Waals surface area contributed by atoms with Crippen LogP contribution in [-0.2, 0) is 46.9 Å². The number of hydrogen-bond donors (Lipinski definition) is 7. The van der Waals surface area contributed by atoms with Crippen LogP contribution in [0.5, 0.6) is 6.01 Å². The maximum atomic E-state index is 13.8. The van der Waals surface area contributed by atoms with E-state index in [4.69, 9.17) is 0 Å². The highest BCUT2D eigenvalue weighted by atomic mass is 32.2. The maximum Gasteiger partial charge on any atom is 0.320 e. The summed E-state index contributed by atoms with van der Waals surface area (Å²) in [6.45, 7) is 10.3. The zero-order valence-corrected chi connectivity index (χ0v) is 47.0. The van der Waals surface area contributed by atoms with Crippen molar-refractivity contribution in [3.63, 3.8) is 0 Å². The van der Waals surface area contributed by atoms with Crippen molar-refractivity contribution in [1.82, 2.24) is 15.0 Å². The van der Waals surface area contributed by atoms with Gasteiger partial charge in [0.15, 0.2) is 5.78 Å². The highest BCUT2D eigenvalue weighted by Gasteiger charge is 2.31. The summed E-state index contributed by atoms with van der Waals surface area (Å²) in [4.78, 5) is 23.5. The molecule has 9 aromatic rings. The molecule has 0 bridgehead atoms. The molecule has 1 atom stereocenters. The van der Waals surface area contributed by atoms with Gasteiger partial charge in [0, 0.05) is 33.3 Å². The Labute approximate surface area is 474 Å². The van der Waals surface area contributed by atoms with Crippen LogP contribution in [-0.4, -0.2) is 83.8 Å². The largest absolute Gasteiger partial charge is 0.479 e. The summed E-state index contributed by atoms with van der Waals surface area (Å²) in [5, 5.41) is 34.0. The molecule has 23 nitrogen and oxygen atoms in total. The fourth-order valence-corrected chi connectivity index (χ4v) is 12.4. The molecule has 10 rings (SSSR count). The topological polar surface area (TPSA) is 367 Å². The Morgan fingerprint density at radius 2 is 1.18 bits per heavy atom. The van der Waals surface area contributed by atoms with Gasteiger partial charge in [0.1, 0.15) is 20.4 Å². The van der Waals surface area contributed by atoms with Crippen molar-refractivity contribution in [1.29, 1.82) is 0 Å². The fraction of sp³-hybridized carbons (Fsp3) is 0.143. The predicted molar refractivity (Wildman–Crippen MR) is 308 cm³/mol. The van der Waals surface area contributed by atoms with Gasteiger partial charge in [0.05, 0.1) is 27.6 Å². The first-order chi connectivity index (χ1) is 39.0. The van der Waals surface area contributed by atoms with Gasteiger partial charge in [-0.25, -0.2) is 0 Å². The van der Waals surface area contributed by atoms with Crippen molar-refractivity contribution in [2.24, 2.45) is 25.9 Å². The summed E-state index contributed by atoms with van der Waals surface area (Å²) < 4.78 is 141. The molecule has 1 heterocycles. The molecule has 1 aliphatic rings. The molecule has 0 radical (unpaired) electrons. The summed E-state index contributed by atoms with van der Waals surface area (Å²) >= 11 is 0. The minimum absolute atomic E-state index is 0.00159. The third kappa shape index (κ3) is 12.2. The van der Waals surface area contributed by atoms with Crippen molar-refractivity contribution in [3.05, 3.63) is 168 Å². The van der Waals surface area contributed by atoms with Gasteiger partial charge in [0.2, 0.25) is 11.9 Å². The smallest absolute Gasteiger partial charge is 0.320 e. The van der Waals surface area contributed by atoms with E-state index < -0.39 is 72.8 Å². The molecule has 424 valence electrons. The van der Waals surface area contributed by atoms with Crippen LogP contribution in [0, 0.1) is 5.41 Å². The normalized spacial score (nSPS) is 13.7. The molecular formula is C56H47N9O14S4. The molecule has 0 saturated carbocycles. The molecule has 27 heteroatoms. The van der Waals surface area contributed by atoms with Gasteiger partial charge in [-0.2, -0.15) is 53.7 Å². The van der Waals surface area contributed by atoms with Crippen molar-refractivity contribution in [2.75, 3.05) is 10.6 Å². The van der Waals surface area contributed by atoms with Gasteiger partial charge in [-0.15, -0.1) is 15.3 Å². The molecule has 1 unspecified atom stereocenters. The first-order valence-electron chi connectivity index (χ1n) is 24.9. The van der Waals surface area contributed by atoms with E-state index in [0.29, 0.717) is 35.8 Å². The molecule has 8 aromatic carbocycles. The Balaban J connectivity index is 0.922. The molecule has 0 amide bonds. The monoisotopic (exact) mass is 1200 g/mol.